The molecule has 1 aliphatic heterocycles. The van der Waals surface area contributed by atoms with Crippen molar-refractivity contribution in [3.63, 3.8) is 0 Å². The van der Waals surface area contributed by atoms with E-state index in [1.165, 1.54) is 0 Å². The summed E-state index contributed by atoms with van der Waals surface area (Å²) in [6.07, 6.45) is 3.39. The molecule has 1 spiro atoms. The van der Waals surface area contributed by atoms with Gasteiger partial charge in [0, 0.05) is 24.2 Å². The molecule has 1 aliphatic carbocycles. The third-order valence-electron chi connectivity index (χ3n) is 4.57. The number of aromatic nitrogens is 2. The number of nitrogens with one attached hydrogen (secondary N) is 3. The minimum atomic E-state index is -0.750. The lowest BCUT2D eigenvalue weighted by molar-refractivity contribution is -0.125. The Balaban J connectivity index is 0.00000192. The van der Waals surface area contributed by atoms with E-state index in [-0.39, 0.29) is 41.8 Å². The molecule has 0 bridgehead atoms. The molecule has 7 nitrogen and oxygen atoms in total. The highest BCUT2D eigenvalue weighted by molar-refractivity contribution is 14.0. The van der Waals surface area contributed by atoms with E-state index in [1.54, 1.807) is 0 Å². The molecule has 2 unspecified atom stereocenters. The van der Waals surface area contributed by atoms with Crippen LogP contribution in [0, 0.1) is 12.8 Å². The lowest BCUT2D eigenvalue weighted by Gasteiger charge is -2.28. The molecule has 2 heterocycles. The van der Waals surface area contributed by atoms with E-state index in [4.69, 9.17) is 0 Å². The number of hydrogen-bond acceptors (Lipinski definition) is 5. The quantitative estimate of drug-likeness (QED) is 0.499. The molecule has 1 saturated heterocycles. The molecule has 3 amide bonds. The summed E-state index contributed by atoms with van der Waals surface area (Å²) in [5.74, 6) is 1.38. The molecular weight excluding hydrogens is 409 g/mol. The van der Waals surface area contributed by atoms with Gasteiger partial charge in [-0.2, -0.15) is 0 Å². The number of halogens is 1. The normalized spacial score (nSPS) is 25.9. The van der Waals surface area contributed by atoms with Crippen molar-refractivity contribution in [3.8, 4) is 0 Å². The van der Waals surface area contributed by atoms with Crippen molar-refractivity contribution in [3.05, 3.63) is 17.6 Å². The van der Waals surface area contributed by atoms with Gasteiger partial charge in [0.05, 0.1) is 0 Å². The molecule has 2 aliphatic rings. The van der Waals surface area contributed by atoms with Crippen LogP contribution in [-0.2, 0) is 11.2 Å². The number of imide groups is 1. The Hall–Kier alpha value is -1.45. The van der Waals surface area contributed by atoms with Gasteiger partial charge < -0.3 is 10.6 Å². The highest BCUT2D eigenvalue weighted by Gasteiger charge is 2.54. The van der Waals surface area contributed by atoms with Crippen LogP contribution in [0.1, 0.15) is 37.7 Å². The fourth-order valence-electron chi connectivity index (χ4n) is 3.45. The molecule has 23 heavy (non-hydrogen) atoms. The molecule has 0 aromatic carbocycles. The first kappa shape index (κ1) is 17.9. The number of carbonyl (C=O) groups is 2. The van der Waals surface area contributed by atoms with Crippen molar-refractivity contribution in [1.29, 1.82) is 0 Å². The van der Waals surface area contributed by atoms with E-state index in [0.717, 1.165) is 36.6 Å². The Labute approximate surface area is 152 Å². The van der Waals surface area contributed by atoms with Gasteiger partial charge in [-0.3, -0.25) is 10.1 Å². The van der Waals surface area contributed by atoms with Crippen molar-refractivity contribution in [2.75, 3.05) is 11.9 Å². The summed E-state index contributed by atoms with van der Waals surface area (Å²) in [6, 6.07) is 1.55. The second kappa shape index (κ2) is 6.98. The van der Waals surface area contributed by atoms with Gasteiger partial charge in [0.25, 0.3) is 5.91 Å². The van der Waals surface area contributed by atoms with Crippen LogP contribution < -0.4 is 16.0 Å². The van der Waals surface area contributed by atoms with Crippen LogP contribution >= 0.6 is 24.0 Å². The zero-order valence-electron chi connectivity index (χ0n) is 13.3. The highest BCUT2D eigenvalue weighted by atomic mass is 127. The summed E-state index contributed by atoms with van der Waals surface area (Å²) in [6.45, 7) is 4.52. The van der Waals surface area contributed by atoms with E-state index >= 15 is 0 Å². The number of carbonyl (C=O) groups excluding carboxylic acids is 2. The first-order valence-corrected chi connectivity index (χ1v) is 7.75. The number of aryl methyl sites for hydroxylation is 2. The number of anilines is 1. The van der Waals surface area contributed by atoms with E-state index < -0.39 is 5.54 Å². The first-order valence-electron chi connectivity index (χ1n) is 7.75. The van der Waals surface area contributed by atoms with Crippen LogP contribution in [0.15, 0.2) is 6.07 Å². The number of amides is 3. The van der Waals surface area contributed by atoms with E-state index in [9.17, 15) is 9.59 Å². The summed E-state index contributed by atoms with van der Waals surface area (Å²) >= 11 is 0. The molecule has 126 valence electrons. The number of nitrogens with zero attached hydrogens (tertiary/aromatic N) is 2. The smallest absolute Gasteiger partial charge is 0.322 e. The molecule has 0 radical (unpaired) electrons. The van der Waals surface area contributed by atoms with E-state index in [0.29, 0.717) is 13.0 Å². The highest BCUT2D eigenvalue weighted by Crippen LogP contribution is 2.37. The maximum atomic E-state index is 12.1. The molecule has 2 fully saturated rings. The summed E-state index contributed by atoms with van der Waals surface area (Å²) in [5, 5.41) is 8.50. The van der Waals surface area contributed by atoms with Gasteiger partial charge in [0.1, 0.15) is 17.2 Å². The van der Waals surface area contributed by atoms with E-state index in [2.05, 4.69) is 32.8 Å². The second-order valence-corrected chi connectivity index (χ2v) is 5.99. The van der Waals surface area contributed by atoms with Gasteiger partial charge >= 0.3 is 6.03 Å². The molecule has 8 heteroatoms. The van der Waals surface area contributed by atoms with Crippen LogP contribution in [0.4, 0.5) is 10.6 Å². The van der Waals surface area contributed by atoms with Crippen LogP contribution in [0.25, 0.3) is 0 Å². The average molecular weight is 431 g/mol. The Bertz CT molecular complexity index is 624. The van der Waals surface area contributed by atoms with Crippen molar-refractivity contribution >= 4 is 41.7 Å². The van der Waals surface area contributed by atoms with Gasteiger partial charge in [-0.15, -0.1) is 24.0 Å². The van der Waals surface area contributed by atoms with Crippen molar-refractivity contribution in [2.45, 2.75) is 45.1 Å². The van der Waals surface area contributed by atoms with Gasteiger partial charge in [0.15, 0.2) is 0 Å². The van der Waals surface area contributed by atoms with Gasteiger partial charge in [-0.25, -0.2) is 14.8 Å². The maximum absolute atomic E-state index is 12.1. The predicted octanol–water partition coefficient (Wildman–Crippen LogP) is 1.76. The minimum Gasteiger partial charge on any atom is -0.370 e. The van der Waals surface area contributed by atoms with Gasteiger partial charge in [-0.05, 0) is 26.2 Å². The Kier molecular flexibility index (Phi) is 5.43. The fraction of sp³-hybridized carbons (Fsp3) is 0.600. The second-order valence-electron chi connectivity index (χ2n) is 5.99. The Morgan fingerprint density at radius 2 is 2.17 bits per heavy atom. The largest absolute Gasteiger partial charge is 0.370 e. The zero-order valence-corrected chi connectivity index (χ0v) is 15.6. The standard InChI is InChI=1S/C15H21N5O2.HI/c1-3-11-7-12(18-9(2)17-11)16-8-10-5-4-6-15(10)13(21)19-14(22)20-15;/h7,10H,3-6,8H2,1-2H3,(H,16,17,18)(H2,19,20,21,22);1H. The van der Waals surface area contributed by atoms with Crippen LogP contribution in [0.2, 0.25) is 0 Å². The number of urea groups is 1. The summed E-state index contributed by atoms with van der Waals surface area (Å²) in [5.41, 5.74) is 0.239. The lowest BCUT2D eigenvalue weighted by Crippen LogP contribution is -2.51. The topological polar surface area (TPSA) is 96.0 Å². The monoisotopic (exact) mass is 431 g/mol. The number of rotatable bonds is 4. The van der Waals surface area contributed by atoms with E-state index in [1.807, 2.05) is 13.0 Å². The molecular formula is C15H22IN5O2. The van der Waals surface area contributed by atoms with Crippen molar-refractivity contribution in [2.24, 2.45) is 5.92 Å². The number of hydrogen-bond donors (Lipinski definition) is 3. The maximum Gasteiger partial charge on any atom is 0.322 e. The molecule has 1 saturated carbocycles. The van der Waals surface area contributed by atoms with Crippen molar-refractivity contribution < 1.29 is 9.59 Å². The van der Waals surface area contributed by atoms with Crippen LogP contribution in [-0.4, -0.2) is 34.0 Å². The third-order valence-corrected chi connectivity index (χ3v) is 4.57. The van der Waals surface area contributed by atoms with Gasteiger partial charge in [0.2, 0.25) is 0 Å². The Morgan fingerprint density at radius 1 is 1.39 bits per heavy atom. The molecule has 2 atom stereocenters. The third kappa shape index (κ3) is 3.41. The first-order chi connectivity index (χ1) is 10.5. The fourth-order valence-corrected chi connectivity index (χ4v) is 3.45. The van der Waals surface area contributed by atoms with Gasteiger partial charge in [-0.1, -0.05) is 13.3 Å². The minimum absolute atomic E-state index is 0. The SMILES string of the molecule is CCc1cc(NCC2CCCC23NC(=O)NC3=O)nc(C)n1.I. The van der Waals surface area contributed by atoms with Crippen molar-refractivity contribution in [1.82, 2.24) is 20.6 Å². The molecule has 1 aromatic heterocycles. The predicted molar refractivity (Wildman–Crippen MR) is 96.8 cm³/mol. The Morgan fingerprint density at radius 3 is 2.83 bits per heavy atom. The lowest BCUT2D eigenvalue weighted by atomic mass is 9.87. The average Bonchev–Trinajstić information content (AvgIpc) is 3.00. The molecule has 3 rings (SSSR count). The zero-order chi connectivity index (χ0) is 15.7. The molecule has 1 aromatic rings. The van der Waals surface area contributed by atoms with Crippen LogP contribution in [0.5, 0.6) is 0 Å². The molecule has 3 N–H and O–H groups in total. The summed E-state index contributed by atoms with van der Waals surface area (Å²) in [7, 11) is 0. The summed E-state index contributed by atoms with van der Waals surface area (Å²) in [4.78, 5) is 32.4. The van der Waals surface area contributed by atoms with Crippen LogP contribution in [0.3, 0.4) is 0 Å². The summed E-state index contributed by atoms with van der Waals surface area (Å²) < 4.78 is 0.